The molecule has 0 aliphatic heterocycles. The molecule has 0 aromatic heterocycles. The number of benzene rings is 2. The van der Waals surface area contributed by atoms with Crippen LogP contribution in [0.1, 0.15) is 16.7 Å². The van der Waals surface area contributed by atoms with E-state index in [1.807, 2.05) is 19.9 Å². The van der Waals surface area contributed by atoms with Crippen LogP contribution in [0.25, 0.3) is 0 Å². The molecule has 0 saturated heterocycles. The van der Waals surface area contributed by atoms with Gasteiger partial charge in [0.15, 0.2) is 0 Å². The zero-order valence-electron chi connectivity index (χ0n) is 15.1. The maximum atomic E-state index is 12.9. The summed E-state index contributed by atoms with van der Waals surface area (Å²) in [5.74, 6) is -0.702. The lowest BCUT2D eigenvalue weighted by Gasteiger charge is -2.22. The van der Waals surface area contributed by atoms with Gasteiger partial charge in [0.05, 0.1) is 11.9 Å². The Morgan fingerprint density at radius 2 is 1.65 bits per heavy atom. The minimum absolute atomic E-state index is 0.287. The van der Waals surface area contributed by atoms with Crippen molar-refractivity contribution in [2.45, 2.75) is 20.3 Å². The monoisotopic (exact) mass is 378 g/mol. The van der Waals surface area contributed by atoms with E-state index in [9.17, 15) is 17.6 Å². The molecule has 140 valence electrons. The van der Waals surface area contributed by atoms with Gasteiger partial charge >= 0.3 is 0 Å². The molecule has 0 aliphatic carbocycles. The van der Waals surface area contributed by atoms with Crippen LogP contribution in [-0.4, -0.2) is 33.7 Å². The Labute approximate surface area is 153 Å². The second kappa shape index (κ2) is 8.31. The zero-order valence-corrected chi connectivity index (χ0v) is 15.9. The van der Waals surface area contributed by atoms with E-state index in [0.717, 1.165) is 27.3 Å². The maximum absolute atomic E-state index is 12.9. The molecular weight excluding hydrogens is 355 g/mol. The summed E-state index contributed by atoms with van der Waals surface area (Å²) in [7, 11) is -3.60. The smallest absolute Gasteiger partial charge is 0.240 e. The first-order chi connectivity index (χ1) is 12.1. The Kier molecular flexibility index (Phi) is 6.37. The number of anilines is 1. The van der Waals surface area contributed by atoms with Crippen molar-refractivity contribution < 1.29 is 17.6 Å². The summed E-state index contributed by atoms with van der Waals surface area (Å²) in [6.45, 7) is 3.81. The zero-order chi connectivity index (χ0) is 19.3. The minimum Gasteiger partial charge on any atom is -0.354 e. The molecule has 0 unspecified atom stereocenters. The quantitative estimate of drug-likeness (QED) is 0.805. The van der Waals surface area contributed by atoms with Gasteiger partial charge in [-0.25, -0.2) is 12.8 Å². The highest BCUT2D eigenvalue weighted by molar-refractivity contribution is 7.92. The van der Waals surface area contributed by atoms with Gasteiger partial charge in [0.1, 0.15) is 12.4 Å². The fourth-order valence-corrected chi connectivity index (χ4v) is 3.52. The minimum atomic E-state index is -3.60. The van der Waals surface area contributed by atoms with Crippen molar-refractivity contribution >= 4 is 21.6 Å². The van der Waals surface area contributed by atoms with Crippen LogP contribution in [0.2, 0.25) is 0 Å². The maximum Gasteiger partial charge on any atom is 0.240 e. The molecule has 5 nitrogen and oxygen atoms in total. The van der Waals surface area contributed by atoms with Crippen LogP contribution in [0.3, 0.4) is 0 Å². The molecule has 1 N–H and O–H groups in total. The first-order valence-electron chi connectivity index (χ1n) is 8.22. The number of hydrogen-bond acceptors (Lipinski definition) is 3. The van der Waals surface area contributed by atoms with E-state index in [0.29, 0.717) is 18.7 Å². The number of sulfonamides is 1. The molecule has 0 aliphatic rings. The molecule has 0 fully saturated rings. The number of nitrogens with one attached hydrogen (secondary N) is 1. The van der Waals surface area contributed by atoms with Gasteiger partial charge in [-0.1, -0.05) is 18.2 Å². The van der Waals surface area contributed by atoms with Gasteiger partial charge in [0, 0.05) is 6.54 Å². The Bertz CT molecular complexity index is 860. The van der Waals surface area contributed by atoms with Crippen molar-refractivity contribution in [3.8, 4) is 0 Å². The molecule has 1 amide bonds. The Morgan fingerprint density at radius 3 is 2.19 bits per heavy atom. The van der Waals surface area contributed by atoms with Gasteiger partial charge in [0.2, 0.25) is 15.9 Å². The number of carbonyl (C=O) groups excluding carboxylic acids is 1. The van der Waals surface area contributed by atoms with Crippen molar-refractivity contribution in [3.05, 3.63) is 65.0 Å². The standard InChI is InChI=1S/C19H23FN2O3S/c1-14-10-15(2)12-18(11-14)22(26(3,24)25)13-19(23)21-9-8-16-4-6-17(20)7-5-16/h4-7,10-12H,8-9,13H2,1-3H3,(H,21,23). The molecule has 0 radical (unpaired) electrons. The summed E-state index contributed by atoms with van der Waals surface area (Å²) in [6, 6.07) is 11.4. The second-order valence-corrected chi connectivity index (χ2v) is 8.25. The van der Waals surface area contributed by atoms with Crippen LogP contribution in [0.4, 0.5) is 10.1 Å². The van der Waals surface area contributed by atoms with Crippen LogP contribution in [0.5, 0.6) is 0 Å². The molecule has 0 heterocycles. The molecule has 2 rings (SSSR count). The molecule has 7 heteroatoms. The van der Waals surface area contributed by atoms with Crippen LogP contribution in [0.15, 0.2) is 42.5 Å². The first kappa shape index (κ1) is 19.9. The van der Waals surface area contributed by atoms with E-state index in [1.54, 1.807) is 24.3 Å². The first-order valence-corrected chi connectivity index (χ1v) is 10.1. The van der Waals surface area contributed by atoms with Gasteiger partial charge in [-0.3, -0.25) is 9.10 Å². The SMILES string of the molecule is Cc1cc(C)cc(N(CC(=O)NCCc2ccc(F)cc2)S(C)(=O)=O)c1. The van der Waals surface area contributed by atoms with Crippen molar-refractivity contribution in [2.75, 3.05) is 23.7 Å². The largest absolute Gasteiger partial charge is 0.354 e. The number of nitrogens with zero attached hydrogens (tertiary/aromatic N) is 1. The Morgan fingerprint density at radius 1 is 1.08 bits per heavy atom. The predicted octanol–water partition coefficient (Wildman–Crippen LogP) is 2.57. The molecule has 2 aromatic rings. The number of halogens is 1. The fraction of sp³-hybridized carbons (Fsp3) is 0.316. The summed E-state index contributed by atoms with van der Waals surface area (Å²) in [4.78, 5) is 12.2. The van der Waals surface area contributed by atoms with Crippen LogP contribution in [-0.2, 0) is 21.2 Å². The van der Waals surface area contributed by atoms with E-state index >= 15 is 0 Å². The average molecular weight is 378 g/mol. The topological polar surface area (TPSA) is 66.5 Å². The highest BCUT2D eigenvalue weighted by atomic mass is 32.2. The van der Waals surface area contributed by atoms with Crippen molar-refractivity contribution in [1.29, 1.82) is 0 Å². The summed E-state index contributed by atoms with van der Waals surface area (Å²) >= 11 is 0. The normalized spacial score (nSPS) is 11.2. The molecule has 0 saturated carbocycles. The van der Waals surface area contributed by atoms with Crippen LogP contribution >= 0.6 is 0 Å². The molecule has 0 spiro atoms. The van der Waals surface area contributed by atoms with E-state index in [2.05, 4.69) is 5.32 Å². The highest BCUT2D eigenvalue weighted by Crippen LogP contribution is 2.21. The van der Waals surface area contributed by atoms with Crippen molar-refractivity contribution in [2.24, 2.45) is 0 Å². The molecule has 0 atom stereocenters. The Balaban J connectivity index is 2.01. The molecule has 0 bridgehead atoms. The van der Waals surface area contributed by atoms with E-state index in [4.69, 9.17) is 0 Å². The summed E-state index contributed by atoms with van der Waals surface area (Å²) in [5.41, 5.74) is 3.20. The number of amides is 1. The average Bonchev–Trinajstić information content (AvgIpc) is 2.52. The lowest BCUT2D eigenvalue weighted by atomic mass is 10.1. The van der Waals surface area contributed by atoms with Gasteiger partial charge < -0.3 is 5.32 Å². The van der Waals surface area contributed by atoms with Gasteiger partial charge in [-0.2, -0.15) is 0 Å². The number of hydrogen-bond donors (Lipinski definition) is 1. The van der Waals surface area contributed by atoms with E-state index in [1.165, 1.54) is 12.1 Å². The molecule has 26 heavy (non-hydrogen) atoms. The van der Waals surface area contributed by atoms with E-state index < -0.39 is 15.9 Å². The van der Waals surface area contributed by atoms with E-state index in [-0.39, 0.29) is 12.4 Å². The van der Waals surface area contributed by atoms with Crippen LogP contribution in [0, 0.1) is 19.7 Å². The van der Waals surface area contributed by atoms with Crippen molar-refractivity contribution in [1.82, 2.24) is 5.32 Å². The fourth-order valence-electron chi connectivity index (χ4n) is 2.68. The molecular formula is C19H23FN2O3S. The highest BCUT2D eigenvalue weighted by Gasteiger charge is 2.21. The van der Waals surface area contributed by atoms with Crippen molar-refractivity contribution in [3.63, 3.8) is 0 Å². The number of aryl methyl sites for hydroxylation is 2. The lowest BCUT2D eigenvalue weighted by molar-refractivity contribution is -0.119. The van der Waals surface area contributed by atoms with Crippen LogP contribution < -0.4 is 9.62 Å². The summed E-state index contributed by atoms with van der Waals surface area (Å²) < 4.78 is 38.2. The third-order valence-corrected chi connectivity index (χ3v) is 4.97. The molecule has 2 aromatic carbocycles. The predicted molar refractivity (Wildman–Crippen MR) is 101 cm³/mol. The Hall–Kier alpha value is -2.41. The summed E-state index contributed by atoms with van der Waals surface area (Å²) in [6.07, 6.45) is 1.62. The number of rotatable bonds is 7. The van der Waals surface area contributed by atoms with Gasteiger partial charge in [0.25, 0.3) is 0 Å². The summed E-state index contributed by atoms with van der Waals surface area (Å²) in [5, 5.41) is 2.71. The number of carbonyl (C=O) groups is 1. The van der Waals surface area contributed by atoms with Gasteiger partial charge in [-0.15, -0.1) is 0 Å². The third kappa shape index (κ3) is 5.84. The van der Waals surface area contributed by atoms with Gasteiger partial charge in [-0.05, 0) is 61.2 Å². The third-order valence-electron chi connectivity index (χ3n) is 3.83. The second-order valence-electron chi connectivity index (χ2n) is 6.34. The lowest BCUT2D eigenvalue weighted by Crippen LogP contribution is -2.41.